The van der Waals surface area contributed by atoms with Gasteiger partial charge in [0.05, 0.1) is 11.1 Å². The number of carboxylic acids is 1. The van der Waals surface area contributed by atoms with Gasteiger partial charge in [-0.15, -0.1) is 0 Å². The summed E-state index contributed by atoms with van der Waals surface area (Å²) in [6.07, 6.45) is 0.646. The van der Waals surface area contributed by atoms with Crippen LogP contribution in [-0.2, 0) is 13.5 Å². The number of aryl methyl sites for hydroxylation is 1. The third kappa shape index (κ3) is 1.34. The fraction of sp³-hybridized carbons (Fsp3) is 0.250. The Morgan fingerprint density at radius 1 is 1.44 bits per heavy atom. The van der Waals surface area contributed by atoms with Gasteiger partial charge in [-0.3, -0.25) is 0 Å². The van der Waals surface area contributed by atoms with Crippen molar-refractivity contribution in [3.63, 3.8) is 0 Å². The van der Waals surface area contributed by atoms with E-state index in [1.165, 1.54) is 6.07 Å². The van der Waals surface area contributed by atoms with Crippen molar-refractivity contribution in [2.45, 2.75) is 13.3 Å². The molecule has 0 aliphatic rings. The highest BCUT2D eigenvalue weighted by atomic mass is 16.4. The van der Waals surface area contributed by atoms with E-state index in [9.17, 15) is 15.0 Å². The number of hydrogen-bond acceptors (Lipinski definition) is 2. The zero-order valence-electron chi connectivity index (χ0n) is 9.19. The number of nitrogens with zero attached hydrogens (tertiary/aromatic N) is 1. The first-order valence-corrected chi connectivity index (χ1v) is 5.09. The number of aromatic hydroxyl groups is 1. The largest absolute Gasteiger partial charge is 0.508 e. The molecule has 0 aliphatic heterocycles. The number of rotatable bonds is 2. The van der Waals surface area contributed by atoms with Crippen LogP contribution in [0.25, 0.3) is 10.9 Å². The summed E-state index contributed by atoms with van der Waals surface area (Å²) in [4.78, 5) is 11.2. The average Bonchev–Trinajstić information content (AvgIpc) is 2.51. The minimum atomic E-state index is -0.923. The molecule has 0 aliphatic carbocycles. The molecule has 2 N–H and O–H groups in total. The van der Waals surface area contributed by atoms with Crippen molar-refractivity contribution in [1.29, 1.82) is 0 Å². The van der Waals surface area contributed by atoms with E-state index >= 15 is 0 Å². The zero-order valence-corrected chi connectivity index (χ0v) is 9.19. The fourth-order valence-electron chi connectivity index (χ4n) is 2.13. The Morgan fingerprint density at radius 2 is 2.12 bits per heavy atom. The van der Waals surface area contributed by atoms with Gasteiger partial charge in [-0.05, 0) is 18.6 Å². The number of phenolic OH excluding ortho intramolecular Hbond substituents is 1. The van der Waals surface area contributed by atoms with Crippen molar-refractivity contribution >= 4 is 16.9 Å². The zero-order chi connectivity index (χ0) is 11.9. The summed E-state index contributed by atoms with van der Waals surface area (Å²) in [7, 11) is 1.81. The van der Waals surface area contributed by atoms with Crippen LogP contribution in [0, 0.1) is 0 Å². The van der Waals surface area contributed by atoms with Gasteiger partial charge >= 0.3 is 5.97 Å². The average molecular weight is 219 g/mol. The third-order valence-corrected chi connectivity index (χ3v) is 2.85. The highest BCUT2D eigenvalue weighted by Crippen LogP contribution is 2.28. The van der Waals surface area contributed by atoms with Crippen molar-refractivity contribution in [3.05, 3.63) is 29.5 Å². The minimum absolute atomic E-state index is 0.146. The van der Waals surface area contributed by atoms with E-state index in [2.05, 4.69) is 0 Å². The molecule has 4 nitrogen and oxygen atoms in total. The van der Waals surface area contributed by atoms with E-state index in [1.54, 1.807) is 12.1 Å². The number of hydrogen-bond donors (Lipinski definition) is 2. The first-order chi connectivity index (χ1) is 7.56. The fourth-order valence-corrected chi connectivity index (χ4v) is 2.13. The van der Waals surface area contributed by atoms with Crippen molar-refractivity contribution in [2.75, 3.05) is 0 Å². The van der Waals surface area contributed by atoms with Crippen LogP contribution in [0.1, 0.15) is 23.0 Å². The normalized spacial score (nSPS) is 10.9. The molecule has 84 valence electrons. The molecule has 0 unspecified atom stereocenters. The van der Waals surface area contributed by atoms with Crippen LogP contribution < -0.4 is 0 Å². The van der Waals surface area contributed by atoms with Crippen molar-refractivity contribution in [3.8, 4) is 5.75 Å². The predicted octanol–water partition coefficient (Wildman–Crippen LogP) is 2.14. The highest BCUT2D eigenvalue weighted by molar-refractivity contribution is 6.05. The summed E-state index contributed by atoms with van der Waals surface area (Å²) in [5.41, 5.74) is 1.85. The molecule has 1 aromatic heterocycles. The SMILES string of the molecule is CCc1c(C(=O)O)c2ccc(O)cc2n1C. The summed E-state index contributed by atoms with van der Waals surface area (Å²) in [6.45, 7) is 1.92. The lowest BCUT2D eigenvalue weighted by Crippen LogP contribution is -2.02. The van der Waals surface area contributed by atoms with Crippen LogP contribution in [-0.4, -0.2) is 20.7 Å². The van der Waals surface area contributed by atoms with Crippen LogP contribution in [0.15, 0.2) is 18.2 Å². The maximum Gasteiger partial charge on any atom is 0.338 e. The maximum absolute atomic E-state index is 11.2. The monoisotopic (exact) mass is 219 g/mol. The van der Waals surface area contributed by atoms with Gasteiger partial charge in [0.2, 0.25) is 0 Å². The molecule has 2 aromatic rings. The Labute approximate surface area is 92.7 Å². The lowest BCUT2D eigenvalue weighted by Gasteiger charge is -2.01. The molecule has 0 radical (unpaired) electrons. The van der Waals surface area contributed by atoms with E-state index in [0.717, 1.165) is 11.2 Å². The minimum Gasteiger partial charge on any atom is -0.508 e. The highest BCUT2D eigenvalue weighted by Gasteiger charge is 2.19. The van der Waals surface area contributed by atoms with Gasteiger partial charge in [0.25, 0.3) is 0 Å². The third-order valence-electron chi connectivity index (χ3n) is 2.85. The molecule has 16 heavy (non-hydrogen) atoms. The Kier molecular flexibility index (Phi) is 2.34. The van der Waals surface area contributed by atoms with E-state index < -0.39 is 5.97 Å². The number of carbonyl (C=O) groups is 1. The number of carboxylic acid groups (broad SMARTS) is 1. The second-order valence-electron chi connectivity index (χ2n) is 3.74. The summed E-state index contributed by atoms with van der Waals surface area (Å²) in [5.74, 6) is -0.777. The number of fused-ring (bicyclic) bond motifs is 1. The standard InChI is InChI=1S/C12H13NO3/c1-3-9-11(12(15)16)8-5-4-7(14)6-10(8)13(9)2/h4-6,14H,3H2,1-2H3,(H,15,16). The Bertz CT molecular complexity index is 569. The van der Waals surface area contributed by atoms with Gasteiger partial charge in [-0.1, -0.05) is 6.92 Å². The smallest absolute Gasteiger partial charge is 0.338 e. The lowest BCUT2D eigenvalue weighted by atomic mass is 10.1. The van der Waals surface area contributed by atoms with Crippen LogP contribution in [0.2, 0.25) is 0 Å². The van der Waals surface area contributed by atoms with E-state index in [1.807, 2.05) is 18.5 Å². The number of benzene rings is 1. The molecule has 0 saturated carbocycles. The Morgan fingerprint density at radius 3 is 2.69 bits per heavy atom. The van der Waals surface area contributed by atoms with E-state index in [0.29, 0.717) is 17.4 Å². The van der Waals surface area contributed by atoms with Crippen LogP contribution in [0.3, 0.4) is 0 Å². The molecular weight excluding hydrogens is 206 g/mol. The molecule has 1 aromatic carbocycles. The first kappa shape index (κ1) is 10.5. The second kappa shape index (κ2) is 3.56. The van der Waals surface area contributed by atoms with Crippen molar-refractivity contribution in [1.82, 2.24) is 4.57 Å². The summed E-state index contributed by atoms with van der Waals surface area (Å²) in [6, 6.07) is 4.74. The van der Waals surface area contributed by atoms with Gasteiger partial charge in [0.1, 0.15) is 5.75 Å². The van der Waals surface area contributed by atoms with Gasteiger partial charge in [0.15, 0.2) is 0 Å². The molecule has 1 heterocycles. The summed E-state index contributed by atoms with van der Waals surface area (Å²) in [5, 5.41) is 19.3. The molecule has 4 heteroatoms. The number of aromatic carboxylic acids is 1. The lowest BCUT2D eigenvalue weighted by molar-refractivity contribution is 0.0697. The molecule has 0 saturated heterocycles. The quantitative estimate of drug-likeness (QED) is 0.813. The predicted molar refractivity (Wildman–Crippen MR) is 60.9 cm³/mol. The van der Waals surface area contributed by atoms with Gasteiger partial charge in [0, 0.05) is 24.2 Å². The van der Waals surface area contributed by atoms with Crippen LogP contribution in [0.4, 0.5) is 0 Å². The molecule has 0 bridgehead atoms. The maximum atomic E-state index is 11.2. The van der Waals surface area contributed by atoms with Crippen LogP contribution in [0.5, 0.6) is 5.75 Å². The Hall–Kier alpha value is -1.97. The van der Waals surface area contributed by atoms with Gasteiger partial charge < -0.3 is 14.8 Å². The van der Waals surface area contributed by atoms with Crippen LogP contribution >= 0.6 is 0 Å². The number of phenols is 1. The van der Waals surface area contributed by atoms with Crippen molar-refractivity contribution in [2.24, 2.45) is 7.05 Å². The number of aromatic nitrogens is 1. The first-order valence-electron chi connectivity index (χ1n) is 5.09. The Balaban J connectivity index is 2.91. The molecular formula is C12H13NO3. The molecule has 0 atom stereocenters. The second-order valence-corrected chi connectivity index (χ2v) is 3.74. The van der Waals surface area contributed by atoms with E-state index in [-0.39, 0.29) is 5.75 Å². The summed E-state index contributed by atoms with van der Waals surface area (Å²) < 4.78 is 1.82. The molecule has 0 spiro atoms. The molecule has 2 rings (SSSR count). The molecule has 0 fully saturated rings. The summed E-state index contributed by atoms with van der Waals surface area (Å²) >= 11 is 0. The van der Waals surface area contributed by atoms with Crippen molar-refractivity contribution < 1.29 is 15.0 Å². The van der Waals surface area contributed by atoms with E-state index in [4.69, 9.17) is 0 Å². The topological polar surface area (TPSA) is 62.5 Å². The molecule has 0 amide bonds. The van der Waals surface area contributed by atoms with Gasteiger partial charge in [-0.25, -0.2) is 4.79 Å². The van der Waals surface area contributed by atoms with Gasteiger partial charge in [-0.2, -0.15) is 0 Å².